The molecule has 0 aliphatic rings. The van der Waals surface area contributed by atoms with Crippen molar-refractivity contribution in [1.82, 2.24) is 9.97 Å². The van der Waals surface area contributed by atoms with Gasteiger partial charge in [0.25, 0.3) is 0 Å². The number of aryl methyl sites for hydroxylation is 2. The van der Waals surface area contributed by atoms with E-state index in [0.29, 0.717) is 0 Å². The molecule has 1 heterocycles. The molecule has 3 nitrogen and oxygen atoms in total. The van der Waals surface area contributed by atoms with Gasteiger partial charge in [0.1, 0.15) is 5.82 Å². The van der Waals surface area contributed by atoms with Gasteiger partial charge in [0.15, 0.2) is 0 Å². The standard InChI is InChI=1S/C12H20ClN3/c1-10-9-14-11(2)12(15-10)16(3)8-6-4-5-7-13/h9H,4-8H2,1-3H3. The molecular weight excluding hydrogens is 222 g/mol. The minimum absolute atomic E-state index is 0.757. The first-order chi connectivity index (χ1) is 7.65. The molecule has 0 saturated heterocycles. The predicted molar refractivity (Wildman–Crippen MR) is 69.3 cm³/mol. The van der Waals surface area contributed by atoms with Crippen LogP contribution < -0.4 is 4.90 Å². The Balaban J connectivity index is 2.51. The van der Waals surface area contributed by atoms with Crippen LogP contribution in [0.1, 0.15) is 30.7 Å². The average Bonchev–Trinajstić information content (AvgIpc) is 2.27. The van der Waals surface area contributed by atoms with E-state index in [4.69, 9.17) is 11.6 Å². The van der Waals surface area contributed by atoms with Crippen LogP contribution in [0.3, 0.4) is 0 Å². The van der Waals surface area contributed by atoms with Crippen LogP contribution in [-0.4, -0.2) is 29.4 Å². The molecule has 0 aromatic carbocycles. The summed E-state index contributed by atoms with van der Waals surface area (Å²) in [5, 5.41) is 0. The lowest BCUT2D eigenvalue weighted by Crippen LogP contribution is -2.21. The highest BCUT2D eigenvalue weighted by atomic mass is 35.5. The van der Waals surface area contributed by atoms with E-state index < -0.39 is 0 Å². The number of halogens is 1. The molecule has 0 aliphatic carbocycles. The van der Waals surface area contributed by atoms with Crippen molar-refractivity contribution in [2.24, 2.45) is 0 Å². The van der Waals surface area contributed by atoms with Gasteiger partial charge in [-0.3, -0.25) is 4.98 Å². The second-order valence-corrected chi connectivity index (χ2v) is 4.47. The Kier molecular flexibility index (Phi) is 5.53. The van der Waals surface area contributed by atoms with E-state index >= 15 is 0 Å². The molecule has 16 heavy (non-hydrogen) atoms. The van der Waals surface area contributed by atoms with Crippen molar-refractivity contribution in [3.63, 3.8) is 0 Å². The molecule has 1 aromatic rings. The third-order valence-electron chi connectivity index (χ3n) is 2.54. The van der Waals surface area contributed by atoms with E-state index in [9.17, 15) is 0 Å². The van der Waals surface area contributed by atoms with E-state index in [0.717, 1.165) is 42.5 Å². The van der Waals surface area contributed by atoms with Crippen molar-refractivity contribution >= 4 is 17.4 Å². The Hall–Kier alpha value is -0.830. The molecule has 0 amide bonds. The number of nitrogens with zero attached hydrogens (tertiary/aromatic N) is 3. The highest BCUT2D eigenvalue weighted by molar-refractivity contribution is 6.17. The third-order valence-corrected chi connectivity index (χ3v) is 2.81. The Labute approximate surface area is 103 Å². The third kappa shape index (κ3) is 3.97. The SMILES string of the molecule is Cc1cnc(C)c(N(C)CCCCCCl)n1. The number of rotatable bonds is 6. The fourth-order valence-electron chi connectivity index (χ4n) is 1.61. The number of unbranched alkanes of at least 4 members (excludes halogenated alkanes) is 2. The van der Waals surface area contributed by atoms with Gasteiger partial charge in [0.05, 0.1) is 11.4 Å². The quantitative estimate of drug-likeness (QED) is 0.567. The first-order valence-electron chi connectivity index (χ1n) is 5.72. The molecule has 0 unspecified atom stereocenters. The molecule has 0 N–H and O–H groups in total. The van der Waals surface area contributed by atoms with Gasteiger partial charge in [-0.15, -0.1) is 11.6 Å². The Morgan fingerprint density at radius 1 is 1.25 bits per heavy atom. The van der Waals surface area contributed by atoms with E-state index in [1.54, 1.807) is 6.20 Å². The summed E-state index contributed by atoms with van der Waals surface area (Å²) in [6.45, 7) is 4.98. The highest BCUT2D eigenvalue weighted by Crippen LogP contribution is 2.14. The summed E-state index contributed by atoms with van der Waals surface area (Å²) in [4.78, 5) is 11.0. The molecule has 4 heteroatoms. The van der Waals surface area contributed by atoms with Gasteiger partial charge in [0, 0.05) is 25.7 Å². The molecule has 0 spiro atoms. The van der Waals surface area contributed by atoms with Gasteiger partial charge < -0.3 is 4.90 Å². The second-order valence-electron chi connectivity index (χ2n) is 4.09. The fraction of sp³-hybridized carbons (Fsp3) is 0.667. The zero-order valence-corrected chi connectivity index (χ0v) is 11.1. The molecule has 0 radical (unpaired) electrons. The first kappa shape index (κ1) is 13.2. The van der Waals surface area contributed by atoms with Crippen molar-refractivity contribution in [2.75, 3.05) is 24.4 Å². The summed E-state index contributed by atoms with van der Waals surface area (Å²) >= 11 is 5.64. The number of alkyl halides is 1. The molecule has 0 bridgehead atoms. The van der Waals surface area contributed by atoms with Gasteiger partial charge in [0.2, 0.25) is 0 Å². The van der Waals surface area contributed by atoms with Crippen molar-refractivity contribution in [1.29, 1.82) is 0 Å². The number of hydrogen-bond acceptors (Lipinski definition) is 3. The lowest BCUT2D eigenvalue weighted by atomic mass is 10.2. The van der Waals surface area contributed by atoms with Crippen LogP contribution in [0.4, 0.5) is 5.82 Å². The number of aromatic nitrogens is 2. The Morgan fingerprint density at radius 3 is 2.69 bits per heavy atom. The van der Waals surface area contributed by atoms with Crippen molar-refractivity contribution in [2.45, 2.75) is 33.1 Å². The maximum atomic E-state index is 5.64. The molecule has 0 atom stereocenters. The molecule has 0 fully saturated rings. The number of hydrogen-bond donors (Lipinski definition) is 0. The average molecular weight is 242 g/mol. The van der Waals surface area contributed by atoms with Crippen LogP contribution in [0.15, 0.2) is 6.20 Å². The second kappa shape index (κ2) is 6.69. The fourth-order valence-corrected chi connectivity index (χ4v) is 1.80. The normalized spacial score (nSPS) is 10.5. The Bertz CT molecular complexity index is 328. The van der Waals surface area contributed by atoms with Crippen LogP contribution in [-0.2, 0) is 0 Å². The minimum Gasteiger partial charge on any atom is -0.358 e. The van der Waals surface area contributed by atoms with Gasteiger partial charge in [-0.1, -0.05) is 6.42 Å². The summed E-state index contributed by atoms with van der Waals surface area (Å²) < 4.78 is 0. The lowest BCUT2D eigenvalue weighted by molar-refractivity contribution is 0.701. The topological polar surface area (TPSA) is 29.0 Å². The zero-order chi connectivity index (χ0) is 12.0. The van der Waals surface area contributed by atoms with Crippen LogP contribution in [0.5, 0.6) is 0 Å². The summed E-state index contributed by atoms with van der Waals surface area (Å²) in [5.41, 5.74) is 1.96. The Morgan fingerprint density at radius 2 is 2.00 bits per heavy atom. The first-order valence-corrected chi connectivity index (χ1v) is 6.26. The van der Waals surface area contributed by atoms with Crippen LogP contribution in [0.25, 0.3) is 0 Å². The molecule has 90 valence electrons. The lowest BCUT2D eigenvalue weighted by Gasteiger charge is -2.19. The largest absolute Gasteiger partial charge is 0.358 e. The zero-order valence-electron chi connectivity index (χ0n) is 10.3. The molecule has 1 aromatic heterocycles. The van der Waals surface area contributed by atoms with Crippen molar-refractivity contribution < 1.29 is 0 Å². The van der Waals surface area contributed by atoms with E-state index in [-0.39, 0.29) is 0 Å². The van der Waals surface area contributed by atoms with E-state index in [1.807, 2.05) is 13.8 Å². The van der Waals surface area contributed by atoms with Crippen LogP contribution in [0, 0.1) is 13.8 Å². The summed E-state index contributed by atoms with van der Waals surface area (Å²) in [5.74, 6) is 1.75. The molecular formula is C12H20ClN3. The highest BCUT2D eigenvalue weighted by Gasteiger charge is 2.07. The maximum Gasteiger partial charge on any atom is 0.150 e. The summed E-state index contributed by atoms with van der Waals surface area (Å²) in [6, 6.07) is 0. The van der Waals surface area contributed by atoms with Crippen molar-refractivity contribution in [3.05, 3.63) is 17.6 Å². The smallest absolute Gasteiger partial charge is 0.150 e. The minimum atomic E-state index is 0.757. The van der Waals surface area contributed by atoms with Crippen LogP contribution >= 0.6 is 11.6 Å². The number of anilines is 1. The van der Waals surface area contributed by atoms with Gasteiger partial charge in [-0.25, -0.2) is 4.98 Å². The van der Waals surface area contributed by atoms with Gasteiger partial charge in [-0.05, 0) is 26.7 Å². The summed E-state index contributed by atoms with van der Waals surface area (Å²) in [7, 11) is 2.07. The van der Waals surface area contributed by atoms with Gasteiger partial charge in [-0.2, -0.15) is 0 Å². The van der Waals surface area contributed by atoms with Crippen LogP contribution in [0.2, 0.25) is 0 Å². The molecule has 0 saturated carbocycles. The van der Waals surface area contributed by atoms with Gasteiger partial charge >= 0.3 is 0 Å². The van der Waals surface area contributed by atoms with Crippen molar-refractivity contribution in [3.8, 4) is 0 Å². The monoisotopic (exact) mass is 241 g/mol. The summed E-state index contributed by atoms with van der Waals surface area (Å²) in [6.07, 6.45) is 5.22. The molecule has 1 rings (SSSR count). The predicted octanol–water partition coefficient (Wildman–Crippen LogP) is 2.94. The molecule has 0 aliphatic heterocycles. The van der Waals surface area contributed by atoms with E-state index in [1.165, 1.54) is 6.42 Å². The van der Waals surface area contributed by atoms with E-state index in [2.05, 4.69) is 21.9 Å². The maximum absolute atomic E-state index is 5.64.